The maximum absolute atomic E-state index is 12.7. The number of esters is 1. The van der Waals surface area contributed by atoms with E-state index in [1.807, 2.05) is 0 Å². The summed E-state index contributed by atoms with van der Waals surface area (Å²) in [5, 5.41) is 8.96. The first-order valence-electron chi connectivity index (χ1n) is 18.6. The van der Waals surface area contributed by atoms with Crippen LogP contribution < -0.4 is 5.73 Å². The Morgan fingerprint density at radius 3 is 1.26 bits per heavy atom. The molecular weight excluding hydrogens is 522 g/mol. The normalized spacial score (nSPS) is 13.6. The van der Waals surface area contributed by atoms with E-state index in [1.165, 1.54) is 148 Å². The summed E-state index contributed by atoms with van der Waals surface area (Å²) < 4.78 is 6.00. The lowest BCUT2D eigenvalue weighted by molar-refractivity contribution is -0.154. The molecule has 0 aliphatic heterocycles. The topological polar surface area (TPSA) is 89.6 Å². The van der Waals surface area contributed by atoms with Crippen LogP contribution in [0, 0.1) is 5.92 Å². The van der Waals surface area contributed by atoms with Gasteiger partial charge in [-0.25, -0.2) is 0 Å². The van der Waals surface area contributed by atoms with Gasteiger partial charge in [0.15, 0.2) is 0 Å². The number of rotatable bonds is 33. The van der Waals surface area contributed by atoms with Gasteiger partial charge in [0.05, 0.1) is 0 Å². The van der Waals surface area contributed by atoms with Crippen LogP contribution in [0.25, 0.3) is 0 Å². The van der Waals surface area contributed by atoms with Crippen molar-refractivity contribution in [3.05, 3.63) is 0 Å². The molecular formula is C37H73NO4. The van der Waals surface area contributed by atoms with Crippen LogP contribution in [0.15, 0.2) is 0 Å². The minimum Gasteiger partial charge on any atom is -0.481 e. The smallest absolute Gasteiger partial charge is 0.323 e. The molecule has 0 saturated heterocycles. The molecule has 0 saturated carbocycles. The van der Waals surface area contributed by atoms with Crippen LogP contribution >= 0.6 is 0 Å². The number of carbonyl (C=O) groups is 2. The minimum absolute atomic E-state index is 0.101. The van der Waals surface area contributed by atoms with Crippen LogP contribution in [0.5, 0.6) is 0 Å². The van der Waals surface area contributed by atoms with E-state index in [-0.39, 0.29) is 18.9 Å². The van der Waals surface area contributed by atoms with Crippen molar-refractivity contribution in [1.82, 2.24) is 0 Å². The molecule has 0 amide bonds. The first kappa shape index (κ1) is 40.9. The van der Waals surface area contributed by atoms with Crippen molar-refractivity contribution in [3.63, 3.8) is 0 Å². The molecule has 5 nitrogen and oxygen atoms in total. The SMILES string of the molecule is CCCCCCCCCCCCCCCC(OC(=O)[C@H](N)CCC(=O)O)C(CC)CCCCCCCCCCCCC. The Hall–Kier alpha value is -1.10. The lowest BCUT2D eigenvalue weighted by Gasteiger charge is -2.28. The van der Waals surface area contributed by atoms with E-state index >= 15 is 0 Å². The number of carboxylic acids is 1. The molecule has 42 heavy (non-hydrogen) atoms. The van der Waals surface area contributed by atoms with Crippen molar-refractivity contribution >= 4 is 11.9 Å². The predicted octanol–water partition coefficient (Wildman–Crippen LogP) is 11.3. The second-order valence-electron chi connectivity index (χ2n) is 13.0. The van der Waals surface area contributed by atoms with Crippen molar-refractivity contribution in [2.45, 2.75) is 219 Å². The number of unbranched alkanes of at least 4 members (excludes halogenated alkanes) is 22. The van der Waals surface area contributed by atoms with Crippen molar-refractivity contribution in [3.8, 4) is 0 Å². The van der Waals surface area contributed by atoms with Gasteiger partial charge in [-0.15, -0.1) is 0 Å². The molecule has 0 aromatic rings. The van der Waals surface area contributed by atoms with E-state index in [2.05, 4.69) is 20.8 Å². The molecule has 5 heteroatoms. The second kappa shape index (κ2) is 31.3. The highest BCUT2D eigenvalue weighted by Crippen LogP contribution is 2.26. The molecule has 0 spiro atoms. The fourth-order valence-corrected chi connectivity index (χ4v) is 6.11. The molecule has 0 aliphatic carbocycles. The summed E-state index contributed by atoms with van der Waals surface area (Å²) >= 11 is 0. The van der Waals surface area contributed by atoms with Gasteiger partial charge in [-0.3, -0.25) is 9.59 Å². The highest BCUT2D eigenvalue weighted by molar-refractivity contribution is 5.76. The number of ether oxygens (including phenoxy) is 1. The number of aliphatic carboxylic acids is 1. The summed E-state index contributed by atoms with van der Waals surface area (Å²) in [5.41, 5.74) is 6.01. The summed E-state index contributed by atoms with van der Waals surface area (Å²) in [6.07, 6.45) is 34.8. The molecule has 0 aromatic heterocycles. The van der Waals surface area contributed by atoms with Crippen molar-refractivity contribution in [2.75, 3.05) is 0 Å². The Morgan fingerprint density at radius 2 is 0.905 bits per heavy atom. The Bertz CT molecular complexity index is 596. The maximum Gasteiger partial charge on any atom is 0.323 e. The first-order chi connectivity index (χ1) is 20.5. The summed E-state index contributed by atoms with van der Waals surface area (Å²) in [7, 11) is 0. The Balaban J connectivity index is 4.38. The zero-order valence-corrected chi connectivity index (χ0v) is 28.5. The van der Waals surface area contributed by atoms with Gasteiger partial charge in [0.1, 0.15) is 12.1 Å². The van der Waals surface area contributed by atoms with E-state index in [4.69, 9.17) is 15.6 Å². The fraction of sp³-hybridized carbons (Fsp3) is 0.946. The average Bonchev–Trinajstić information content (AvgIpc) is 2.98. The summed E-state index contributed by atoms with van der Waals surface area (Å²) in [6, 6.07) is -0.852. The molecule has 0 heterocycles. The number of hydrogen-bond donors (Lipinski definition) is 2. The van der Waals surface area contributed by atoms with Gasteiger partial charge in [-0.05, 0) is 38.0 Å². The number of hydrogen-bond acceptors (Lipinski definition) is 4. The molecule has 0 fully saturated rings. The summed E-state index contributed by atoms with van der Waals surface area (Å²) in [5.74, 6) is -0.991. The average molecular weight is 596 g/mol. The van der Waals surface area contributed by atoms with Gasteiger partial charge in [-0.2, -0.15) is 0 Å². The lowest BCUT2D eigenvalue weighted by atomic mass is 9.89. The van der Waals surface area contributed by atoms with Crippen LogP contribution in [0.2, 0.25) is 0 Å². The maximum atomic E-state index is 12.7. The third-order valence-electron chi connectivity index (χ3n) is 9.06. The predicted molar refractivity (Wildman–Crippen MR) is 180 cm³/mol. The molecule has 3 atom stereocenters. The highest BCUT2D eigenvalue weighted by Gasteiger charge is 2.26. The fourth-order valence-electron chi connectivity index (χ4n) is 6.11. The largest absolute Gasteiger partial charge is 0.481 e. The molecule has 0 rings (SSSR count). The molecule has 250 valence electrons. The minimum atomic E-state index is -0.926. The van der Waals surface area contributed by atoms with Gasteiger partial charge in [-0.1, -0.05) is 168 Å². The molecule has 0 radical (unpaired) electrons. The van der Waals surface area contributed by atoms with Gasteiger partial charge in [0, 0.05) is 6.42 Å². The Kier molecular flexibility index (Phi) is 30.5. The summed E-state index contributed by atoms with van der Waals surface area (Å²) in [4.78, 5) is 23.7. The third-order valence-corrected chi connectivity index (χ3v) is 9.06. The molecule has 0 bridgehead atoms. The number of nitrogens with two attached hydrogens (primary N) is 1. The van der Waals surface area contributed by atoms with E-state index < -0.39 is 18.0 Å². The van der Waals surface area contributed by atoms with Crippen LogP contribution in [0.4, 0.5) is 0 Å². The van der Waals surface area contributed by atoms with E-state index in [9.17, 15) is 9.59 Å². The Labute approximate surface area is 261 Å². The summed E-state index contributed by atoms with van der Waals surface area (Å²) in [6.45, 7) is 6.75. The molecule has 3 N–H and O–H groups in total. The van der Waals surface area contributed by atoms with Gasteiger partial charge < -0.3 is 15.6 Å². The van der Waals surface area contributed by atoms with Crippen LogP contribution in [-0.4, -0.2) is 29.2 Å². The van der Waals surface area contributed by atoms with Crippen LogP contribution in [-0.2, 0) is 14.3 Å². The number of carbonyl (C=O) groups excluding carboxylic acids is 1. The first-order valence-corrected chi connectivity index (χ1v) is 18.6. The van der Waals surface area contributed by atoms with E-state index in [0.29, 0.717) is 5.92 Å². The van der Waals surface area contributed by atoms with Crippen molar-refractivity contribution in [1.29, 1.82) is 0 Å². The zero-order chi connectivity index (χ0) is 31.1. The molecule has 0 aliphatic rings. The van der Waals surface area contributed by atoms with Gasteiger partial charge >= 0.3 is 11.9 Å². The van der Waals surface area contributed by atoms with E-state index in [0.717, 1.165) is 25.7 Å². The molecule has 2 unspecified atom stereocenters. The Morgan fingerprint density at radius 1 is 0.548 bits per heavy atom. The standard InChI is InChI=1S/C37H73NO4/c1-4-7-9-11-13-15-17-18-20-22-24-26-28-30-35(42-37(41)34(38)31-32-36(39)40)33(6-3)29-27-25-23-21-19-16-14-12-10-8-5-2/h33-35H,4-32,38H2,1-3H3,(H,39,40)/t33?,34-,35?/m1/s1. The van der Waals surface area contributed by atoms with Crippen molar-refractivity contribution in [2.24, 2.45) is 11.7 Å². The lowest BCUT2D eigenvalue weighted by Crippen LogP contribution is -2.37. The third kappa shape index (κ3) is 26.5. The van der Waals surface area contributed by atoms with Gasteiger partial charge in [0.2, 0.25) is 0 Å². The van der Waals surface area contributed by atoms with Crippen molar-refractivity contribution < 1.29 is 19.4 Å². The second-order valence-corrected chi connectivity index (χ2v) is 13.0. The number of carboxylic acid groups (broad SMARTS) is 1. The van der Waals surface area contributed by atoms with Crippen LogP contribution in [0.3, 0.4) is 0 Å². The van der Waals surface area contributed by atoms with Gasteiger partial charge in [0.25, 0.3) is 0 Å². The van der Waals surface area contributed by atoms with E-state index in [1.54, 1.807) is 0 Å². The zero-order valence-electron chi connectivity index (χ0n) is 28.5. The highest BCUT2D eigenvalue weighted by atomic mass is 16.5. The van der Waals surface area contributed by atoms with Crippen LogP contribution in [0.1, 0.15) is 207 Å². The quantitative estimate of drug-likeness (QED) is 0.0582. The molecule has 0 aromatic carbocycles. The monoisotopic (exact) mass is 596 g/mol.